The highest BCUT2D eigenvalue weighted by molar-refractivity contribution is 6.30. The molecule has 124 valence electrons. The zero-order valence-corrected chi connectivity index (χ0v) is 13.7. The van der Waals surface area contributed by atoms with Gasteiger partial charge >= 0.3 is 0 Å². The van der Waals surface area contributed by atoms with Crippen molar-refractivity contribution in [1.82, 2.24) is 9.80 Å². The summed E-state index contributed by atoms with van der Waals surface area (Å²) in [6.45, 7) is 1.07. The maximum atomic E-state index is 12.4. The van der Waals surface area contributed by atoms with Gasteiger partial charge in [0.25, 0.3) is 5.91 Å². The third-order valence-corrected chi connectivity index (χ3v) is 4.97. The lowest BCUT2D eigenvalue weighted by atomic mass is 10.1. The molecule has 5 nitrogen and oxygen atoms in total. The maximum Gasteiger partial charge on any atom is 0.256 e. The average Bonchev–Trinajstić information content (AvgIpc) is 3.07. The van der Waals surface area contributed by atoms with Crippen LogP contribution in [0.4, 0.5) is 0 Å². The molecule has 0 spiro atoms. The number of aliphatic hydroxyl groups is 1. The van der Waals surface area contributed by atoms with Crippen molar-refractivity contribution in [1.29, 1.82) is 0 Å². The number of aliphatic hydroxyl groups excluding tert-OH is 1. The Bertz CT molecular complexity index is 601. The molecule has 1 N–H and O–H groups in total. The number of carbonyl (C=O) groups excluding carboxylic acids is 2. The molecule has 1 saturated carbocycles. The van der Waals surface area contributed by atoms with Gasteiger partial charge < -0.3 is 14.9 Å². The van der Waals surface area contributed by atoms with E-state index in [9.17, 15) is 14.7 Å². The van der Waals surface area contributed by atoms with E-state index in [0.29, 0.717) is 29.7 Å². The molecule has 1 saturated heterocycles. The summed E-state index contributed by atoms with van der Waals surface area (Å²) >= 11 is 5.90. The van der Waals surface area contributed by atoms with Crippen molar-refractivity contribution in [3.05, 3.63) is 34.9 Å². The Morgan fingerprint density at radius 2 is 2.00 bits per heavy atom. The van der Waals surface area contributed by atoms with Crippen LogP contribution in [0, 0.1) is 0 Å². The normalized spacial score (nSPS) is 20.9. The molecule has 23 heavy (non-hydrogen) atoms. The van der Waals surface area contributed by atoms with Crippen LogP contribution in [0.3, 0.4) is 0 Å². The fraction of sp³-hybridized carbons (Fsp3) is 0.529. The molecule has 1 aromatic carbocycles. The molecule has 6 heteroatoms. The Kier molecular flexibility index (Phi) is 4.87. The third-order valence-electron chi connectivity index (χ3n) is 4.73. The highest BCUT2D eigenvalue weighted by atomic mass is 35.5. The van der Waals surface area contributed by atoms with E-state index >= 15 is 0 Å². The van der Waals surface area contributed by atoms with E-state index in [-0.39, 0.29) is 12.5 Å². The Hall–Kier alpha value is -1.59. The SMILES string of the molecule is O=C(C(O)c1cccc(Cl)c1)N1CCN(C2CCCC2)C(=O)C1. The van der Waals surface area contributed by atoms with Gasteiger partial charge in [-0.05, 0) is 30.5 Å². The third kappa shape index (κ3) is 3.51. The lowest BCUT2D eigenvalue weighted by Crippen LogP contribution is -2.55. The Morgan fingerprint density at radius 1 is 1.26 bits per heavy atom. The number of benzene rings is 1. The number of hydrogen-bond donors (Lipinski definition) is 1. The van der Waals surface area contributed by atoms with Crippen molar-refractivity contribution in [3.8, 4) is 0 Å². The summed E-state index contributed by atoms with van der Waals surface area (Å²) in [5.41, 5.74) is 0.452. The van der Waals surface area contributed by atoms with Crippen molar-refractivity contribution >= 4 is 23.4 Å². The van der Waals surface area contributed by atoms with Gasteiger partial charge in [0, 0.05) is 24.2 Å². The van der Waals surface area contributed by atoms with Crippen LogP contribution >= 0.6 is 11.6 Å². The summed E-state index contributed by atoms with van der Waals surface area (Å²) in [5, 5.41) is 10.7. The minimum Gasteiger partial charge on any atom is -0.378 e. The summed E-state index contributed by atoms with van der Waals surface area (Å²) in [6, 6.07) is 6.94. The second kappa shape index (κ2) is 6.89. The van der Waals surface area contributed by atoms with E-state index in [1.54, 1.807) is 24.3 Å². The summed E-state index contributed by atoms with van der Waals surface area (Å²) in [5.74, 6) is -0.457. The number of piperazine rings is 1. The Labute approximate surface area is 140 Å². The second-order valence-corrected chi connectivity index (χ2v) is 6.68. The van der Waals surface area contributed by atoms with Crippen LogP contribution in [0.1, 0.15) is 37.4 Å². The van der Waals surface area contributed by atoms with Crippen LogP contribution in [0.25, 0.3) is 0 Å². The summed E-state index contributed by atoms with van der Waals surface area (Å²) in [4.78, 5) is 28.1. The van der Waals surface area contributed by atoms with Crippen LogP contribution < -0.4 is 0 Å². The predicted molar refractivity (Wildman–Crippen MR) is 87.0 cm³/mol. The van der Waals surface area contributed by atoms with E-state index in [1.165, 1.54) is 17.7 Å². The van der Waals surface area contributed by atoms with Crippen LogP contribution in [-0.2, 0) is 9.59 Å². The fourth-order valence-corrected chi connectivity index (χ4v) is 3.67. The summed E-state index contributed by atoms with van der Waals surface area (Å²) in [6.07, 6.45) is 3.18. The smallest absolute Gasteiger partial charge is 0.256 e. The van der Waals surface area contributed by atoms with E-state index in [2.05, 4.69) is 0 Å². The molecule has 0 aromatic heterocycles. The molecule has 2 fully saturated rings. The van der Waals surface area contributed by atoms with Gasteiger partial charge in [0.15, 0.2) is 6.10 Å². The topological polar surface area (TPSA) is 60.9 Å². The number of halogens is 1. The van der Waals surface area contributed by atoms with Crippen LogP contribution in [0.2, 0.25) is 5.02 Å². The van der Waals surface area contributed by atoms with E-state index in [4.69, 9.17) is 11.6 Å². The molecule has 1 aliphatic heterocycles. The first-order valence-electron chi connectivity index (χ1n) is 8.08. The molecule has 0 radical (unpaired) electrons. The van der Waals surface area contributed by atoms with Gasteiger partial charge in [-0.2, -0.15) is 0 Å². The van der Waals surface area contributed by atoms with E-state index in [1.807, 2.05) is 4.90 Å². The highest BCUT2D eigenvalue weighted by Crippen LogP contribution is 2.26. The molecule has 1 aliphatic carbocycles. The van der Waals surface area contributed by atoms with Crippen molar-refractivity contribution in [3.63, 3.8) is 0 Å². The maximum absolute atomic E-state index is 12.4. The molecular weight excluding hydrogens is 316 g/mol. The molecule has 3 rings (SSSR count). The van der Waals surface area contributed by atoms with Crippen LogP contribution in [-0.4, -0.2) is 52.4 Å². The molecule has 2 amide bonds. The van der Waals surface area contributed by atoms with Crippen molar-refractivity contribution in [2.24, 2.45) is 0 Å². The molecule has 0 bridgehead atoms. The number of nitrogens with zero attached hydrogens (tertiary/aromatic N) is 2. The molecule has 1 aromatic rings. The van der Waals surface area contributed by atoms with Gasteiger partial charge in [-0.25, -0.2) is 0 Å². The first-order valence-corrected chi connectivity index (χ1v) is 8.46. The van der Waals surface area contributed by atoms with Crippen molar-refractivity contribution in [2.75, 3.05) is 19.6 Å². The summed E-state index contributed by atoms with van der Waals surface area (Å²) < 4.78 is 0. The fourth-order valence-electron chi connectivity index (χ4n) is 3.47. The molecule has 1 heterocycles. The molecule has 1 atom stereocenters. The number of amides is 2. The van der Waals surface area contributed by atoms with Crippen molar-refractivity contribution < 1.29 is 14.7 Å². The lowest BCUT2D eigenvalue weighted by molar-refractivity contribution is -0.151. The number of carbonyl (C=O) groups is 2. The van der Waals surface area contributed by atoms with E-state index < -0.39 is 12.0 Å². The first kappa shape index (κ1) is 16.3. The standard InChI is InChI=1S/C17H21ClN2O3/c18-13-5-3-4-12(10-13)16(22)17(23)19-8-9-20(15(21)11-19)14-6-1-2-7-14/h3-5,10,14,16,22H,1-2,6-9,11H2. The number of hydrogen-bond acceptors (Lipinski definition) is 3. The Morgan fingerprint density at radius 3 is 2.65 bits per heavy atom. The zero-order chi connectivity index (χ0) is 16.4. The zero-order valence-electron chi connectivity index (χ0n) is 12.9. The minimum atomic E-state index is -1.28. The monoisotopic (exact) mass is 336 g/mol. The molecular formula is C17H21ClN2O3. The minimum absolute atomic E-state index is 0.0187. The lowest BCUT2D eigenvalue weighted by Gasteiger charge is -2.38. The van der Waals surface area contributed by atoms with Gasteiger partial charge in [0.05, 0.1) is 6.54 Å². The Balaban J connectivity index is 1.64. The predicted octanol–water partition coefficient (Wildman–Crippen LogP) is 1.99. The molecule has 1 unspecified atom stereocenters. The van der Waals surface area contributed by atoms with Gasteiger partial charge in [-0.1, -0.05) is 36.6 Å². The average molecular weight is 337 g/mol. The second-order valence-electron chi connectivity index (χ2n) is 6.24. The van der Waals surface area contributed by atoms with Crippen LogP contribution in [0.15, 0.2) is 24.3 Å². The van der Waals surface area contributed by atoms with Crippen LogP contribution in [0.5, 0.6) is 0 Å². The first-order chi connectivity index (χ1) is 11.1. The van der Waals surface area contributed by atoms with Gasteiger partial charge in [0.2, 0.25) is 5.91 Å². The van der Waals surface area contributed by atoms with Gasteiger partial charge in [0.1, 0.15) is 0 Å². The summed E-state index contributed by atoms with van der Waals surface area (Å²) in [7, 11) is 0. The van der Waals surface area contributed by atoms with Crippen molar-refractivity contribution in [2.45, 2.75) is 37.8 Å². The molecule has 2 aliphatic rings. The largest absolute Gasteiger partial charge is 0.378 e. The van der Waals surface area contributed by atoms with Gasteiger partial charge in [-0.15, -0.1) is 0 Å². The number of rotatable bonds is 3. The quantitative estimate of drug-likeness (QED) is 0.918. The van der Waals surface area contributed by atoms with E-state index in [0.717, 1.165) is 12.8 Å². The highest BCUT2D eigenvalue weighted by Gasteiger charge is 2.34. The van der Waals surface area contributed by atoms with Gasteiger partial charge in [-0.3, -0.25) is 9.59 Å².